The number of aryl methyl sites for hydroxylation is 2. The Morgan fingerprint density at radius 3 is 2.37 bits per heavy atom. The molecule has 27 heavy (non-hydrogen) atoms. The summed E-state index contributed by atoms with van der Waals surface area (Å²) in [5, 5.41) is 0.917. The third-order valence-electron chi connectivity index (χ3n) is 5.87. The van der Waals surface area contributed by atoms with Crippen molar-refractivity contribution in [1.82, 2.24) is 14.8 Å². The molecule has 0 aliphatic carbocycles. The van der Waals surface area contributed by atoms with Crippen LogP contribution in [0.25, 0.3) is 10.9 Å². The number of pyridine rings is 1. The summed E-state index contributed by atoms with van der Waals surface area (Å²) in [4.78, 5) is 34.3. The van der Waals surface area contributed by atoms with Gasteiger partial charge in [0.1, 0.15) is 0 Å². The van der Waals surface area contributed by atoms with Crippen molar-refractivity contribution in [2.24, 2.45) is 5.92 Å². The van der Waals surface area contributed by atoms with Crippen molar-refractivity contribution < 1.29 is 9.59 Å². The molecule has 4 rings (SSSR count). The van der Waals surface area contributed by atoms with Crippen LogP contribution >= 0.6 is 0 Å². The maximum atomic E-state index is 13.2. The van der Waals surface area contributed by atoms with Crippen molar-refractivity contribution in [3.8, 4) is 0 Å². The number of fused-ring (bicyclic) bond motifs is 1. The van der Waals surface area contributed by atoms with Crippen molar-refractivity contribution >= 4 is 22.7 Å². The number of hydrogen-bond acceptors (Lipinski definition) is 3. The van der Waals surface area contributed by atoms with Crippen LogP contribution in [0.4, 0.5) is 0 Å². The average molecular weight is 365 g/mol. The highest BCUT2D eigenvalue weighted by Gasteiger charge is 2.31. The molecule has 2 fully saturated rings. The highest BCUT2D eigenvalue weighted by Crippen LogP contribution is 2.26. The summed E-state index contributed by atoms with van der Waals surface area (Å²) in [6.07, 6.45) is 3.78. The van der Waals surface area contributed by atoms with E-state index < -0.39 is 0 Å². The predicted molar refractivity (Wildman–Crippen MR) is 106 cm³/mol. The zero-order valence-corrected chi connectivity index (χ0v) is 16.2. The molecule has 3 heterocycles. The van der Waals surface area contributed by atoms with Gasteiger partial charge in [-0.05, 0) is 57.7 Å². The van der Waals surface area contributed by atoms with Crippen LogP contribution in [-0.2, 0) is 4.79 Å². The van der Waals surface area contributed by atoms with Crippen LogP contribution in [0.15, 0.2) is 24.3 Å². The van der Waals surface area contributed by atoms with E-state index in [1.165, 1.54) is 0 Å². The van der Waals surface area contributed by atoms with Gasteiger partial charge in [-0.3, -0.25) is 14.6 Å². The van der Waals surface area contributed by atoms with Crippen molar-refractivity contribution in [3.05, 3.63) is 41.1 Å². The van der Waals surface area contributed by atoms with Gasteiger partial charge in [-0.15, -0.1) is 0 Å². The second-order valence-electron chi connectivity index (χ2n) is 7.93. The molecule has 0 unspecified atom stereocenters. The van der Waals surface area contributed by atoms with Crippen LogP contribution in [0.5, 0.6) is 0 Å². The standard InChI is InChI=1S/C22H27N3O2/c1-15-5-6-20-18(13-15)19(14-16(2)23-20)22(27)25-11-7-17(8-12-25)21(26)24-9-3-4-10-24/h5-6,13-14,17H,3-4,7-12H2,1-2H3. The molecule has 0 bridgehead atoms. The fourth-order valence-corrected chi connectivity index (χ4v) is 4.34. The molecular formula is C22H27N3O2. The molecule has 0 spiro atoms. The first-order valence-corrected chi connectivity index (χ1v) is 9.99. The van der Waals surface area contributed by atoms with Gasteiger partial charge in [-0.25, -0.2) is 0 Å². The van der Waals surface area contributed by atoms with Crippen molar-refractivity contribution in [2.75, 3.05) is 26.2 Å². The fraction of sp³-hybridized carbons (Fsp3) is 0.500. The van der Waals surface area contributed by atoms with Crippen molar-refractivity contribution in [1.29, 1.82) is 0 Å². The molecule has 1 aromatic carbocycles. The smallest absolute Gasteiger partial charge is 0.254 e. The van der Waals surface area contributed by atoms with Gasteiger partial charge in [-0.2, -0.15) is 0 Å². The van der Waals surface area contributed by atoms with Crippen molar-refractivity contribution in [3.63, 3.8) is 0 Å². The SMILES string of the molecule is Cc1ccc2nc(C)cc(C(=O)N3CCC(C(=O)N4CCCC4)CC3)c2c1. The normalized spacial score (nSPS) is 18.3. The van der Waals surface area contributed by atoms with E-state index in [4.69, 9.17) is 0 Å². The fourth-order valence-electron chi connectivity index (χ4n) is 4.34. The first-order valence-electron chi connectivity index (χ1n) is 9.99. The van der Waals surface area contributed by atoms with Gasteiger partial charge in [0, 0.05) is 43.2 Å². The summed E-state index contributed by atoms with van der Waals surface area (Å²) in [6, 6.07) is 7.94. The monoisotopic (exact) mass is 365 g/mol. The molecule has 2 saturated heterocycles. The van der Waals surface area contributed by atoms with E-state index in [9.17, 15) is 9.59 Å². The highest BCUT2D eigenvalue weighted by molar-refractivity contribution is 6.06. The summed E-state index contributed by atoms with van der Waals surface area (Å²) in [5.74, 6) is 0.425. The predicted octanol–water partition coefficient (Wildman–Crippen LogP) is 3.33. The molecule has 5 heteroatoms. The van der Waals surface area contributed by atoms with Gasteiger partial charge >= 0.3 is 0 Å². The number of hydrogen-bond donors (Lipinski definition) is 0. The summed E-state index contributed by atoms with van der Waals surface area (Å²) in [6.45, 7) is 7.06. The first-order chi connectivity index (χ1) is 13.0. The number of likely N-dealkylation sites (tertiary alicyclic amines) is 2. The third-order valence-corrected chi connectivity index (χ3v) is 5.87. The number of benzene rings is 1. The number of carbonyl (C=O) groups is 2. The number of amides is 2. The highest BCUT2D eigenvalue weighted by atomic mass is 16.2. The molecule has 142 valence electrons. The van der Waals surface area contributed by atoms with E-state index in [1.807, 2.05) is 47.9 Å². The third kappa shape index (κ3) is 3.55. The molecule has 2 aliphatic heterocycles. The number of aromatic nitrogens is 1. The molecule has 1 aromatic heterocycles. The van der Waals surface area contributed by atoms with E-state index >= 15 is 0 Å². The molecule has 2 amide bonds. The lowest BCUT2D eigenvalue weighted by Gasteiger charge is -2.33. The van der Waals surface area contributed by atoms with Crippen LogP contribution < -0.4 is 0 Å². The lowest BCUT2D eigenvalue weighted by molar-refractivity contribution is -0.135. The second-order valence-corrected chi connectivity index (χ2v) is 7.93. The Bertz CT molecular complexity index is 879. The van der Waals surface area contributed by atoms with Crippen LogP contribution in [-0.4, -0.2) is 52.8 Å². The Morgan fingerprint density at radius 1 is 0.963 bits per heavy atom. The van der Waals surface area contributed by atoms with Crippen LogP contribution in [0.3, 0.4) is 0 Å². The summed E-state index contributed by atoms with van der Waals surface area (Å²) >= 11 is 0. The first kappa shape index (κ1) is 18.0. The zero-order valence-electron chi connectivity index (χ0n) is 16.2. The van der Waals surface area contributed by atoms with Crippen molar-refractivity contribution in [2.45, 2.75) is 39.5 Å². The lowest BCUT2D eigenvalue weighted by atomic mass is 9.94. The van der Waals surface area contributed by atoms with Crippen LogP contribution in [0.1, 0.15) is 47.3 Å². The average Bonchev–Trinajstić information content (AvgIpc) is 3.21. The number of nitrogens with zero attached hydrogens (tertiary/aromatic N) is 3. The van der Waals surface area contributed by atoms with E-state index in [0.717, 1.165) is 66.5 Å². The van der Waals surface area contributed by atoms with Crippen LogP contribution in [0, 0.1) is 19.8 Å². The molecule has 0 radical (unpaired) electrons. The topological polar surface area (TPSA) is 53.5 Å². The van der Waals surface area contributed by atoms with E-state index in [2.05, 4.69) is 4.98 Å². The largest absolute Gasteiger partial charge is 0.342 e. The minimum atomic E-state index is 0.0585. The maximum Gasteiger partial charge on any atom is 0.254 e. The molecule has 2 aromatic rings. The zero-order chi connectivity index (χ0) is 19.0. The second kappa shape index (κ2) is 7.29. The minimum absolute atomic E-state index is 0.0585. The lowest BCUT2D eigenvalue weighted by Crippen LogP contribution is -2.43. The Kier molecular flexibility index (Phi) is 4.85. The Labute approximate surface area is 160 Å². The molecule has 0 N–H and O–H groups in total. The van der Waals surface area contributed by atoms with Gasteiger partial charge in [0.05, 0.1) is 11.1 Å². The van der Waals surface area contributed by atoms with Gasteiger partial charge < -0.3 is 9.80 Å². The van der Waals surface area contributed by atoms with Gasteiger partial charge in [-0.1, -0.05) is 11.6 Å². The maximum absolute atomic E-state index is 13.2. The van der Waals surface area contributed by atoms with Gasteiger partial charge in [0.25, 0.3) is 5.91 Å². The number of piperidine rings is 1. The quantitative estimate of drug-likeness (QED) is 0.820. The Hall–Kier alpha value is -2.43. The summed E-state index contributed by atoms with van der Waals surface area (Å²) in [5.41, 5.74) is 3.57. The van der Waals surface area contributed by atoms with E-state index in [1.54, 1.807) is 0 Å². The van der Waals surface area contributed by atoms with Gasteiger partial charge in [0.15, 0.2) is 0 Å². The minimum Gasteiger partial charge on any atom is -0.342 e. The molecular weight excluding hydrogens is 338 g/mol. The van der Waals surface area contributed by atoms with Gasteiger partial charge in [0.2, 0.25) is 5.91 Å². The van der Waals surface area contributed by atoms with Crippen LogP contribution in [0.2, 0.25) is 0 Å². The Morgan fingerprint density at radius 2 is 1.67 bits per heavy atom. The summed E-state index contributed by atoms with van der Waals surface area (Å²) < 4.78 is 0. The molecule has 5 nitrogen and oxygen atoms in total. The Balaban J connectivity index is 1.50. The van der Waals surface area contributed by atoms with E-state index in [0.29, 0.717) is 19.0 Å². The summed E-state index contributed by atoms with van der Waals surface area (Å²) in [7, 11) is 0. The number of rotatable bonds is 2. The number of carbonyl (C=O) groups excluding carboxylic acids is 2. The molecule has 2 aliphatic rings. The molecule has 0 saturated carbocycles. The molecule has 0 atom stereocenters. The van der Waals surface area contributed by atoms with E-state index in [-0.39, 0.29) is 11.8 Å².